The lowest BCUT2D eigenvalue weighted by Crippen LogP contribution is -2.35. The van der Waals surface area contributed by atoms with Gasteiger partial charge in [-0.3, -0.25) is 0 Å². The van der Waals surface area contributed by atoms with Crippen LogP contribution in [0.25, 0.3) is 0 Å². The van der Waals surface area contributed by atoms with E-state index in [1.807, 2.05) is 0 Å². The van der Waals surface area contributed by atoms with Gasteiger partial charge in [0, 0.05) is 19.3 Å². The predicted molar refractivity (Wildman–Crippen MR) is 50.0 cm³/mol. The molecule has 0 aromatic carbocycles. The summed E-state index contributed by atoms with van der Waals surface area (Å²) in [5.74, 6) is 3.22. The molecule has 2 heteroatoms. The van der Waals surface area contributed by atoms with Crippen molar-refractivity contribution in [3.05, 3.63) is 0 Å². The van der Waals surface area contributed by atoms with Gasteiger partial charge in [-0.1, -0.05) is 0 Å². The van der Waals surface area contributed by atoms with Crippen LogP contribution < -0.4 is 0 Å². The second-order valence-electron chi connectivity index (χ2n) is 3.96. The fourth-order valence-corrected chi connectivity index (χ4v) is 2.27. The molecule has 0 atom stereocenters. The summed E-state index contributed by atoms with van der Waals surface area (Å²) in [7, 11) is 0. The van der Waals surface area contributed by atoms with E-state index >= 15 is 0 Å². The van der Waals surface area contributed by atoms with Crippen LogP contribution in [0.15, 0.2) is 0 Å². The van der Waals surface area contributed by atoms with Crippen molar-refractivity contribution in [2.75, 3.05) is 13.2 Å². The zero-order valence-electron chi connectivity index (χ0n) is 7.92. The Morgan fingerprint density at radius 3 is 2.38 bits per heavy atom. The van der Waals surface area contributed by atoms with Gasteiger partial charge >= 0.3 is 0 Å². The number of hydrogen-bond acceptors (Lipinski definition) is 2. The zero-order chi connectivity index (χ0) is 9.15. The van der Waals surface area contributed by atoms with E-state index in [2.05, 4.69) is 5.92 Å². The Balaban J connectivity index is 1.85. The quantitative estimate of drug-likeness (QED) is 0.574. The van der Waals surface area contributed by atoms with Gasteiger partial charge < -0.3 is 9.47 Å². The Labute approximate surface area is 79.6 Å². The molecule has 0 radical (unpaired) electrons. The fourth-order valence-electron chi connectivity index (χ4n) is 2.27. The van der Waals surface area contributed by atoms with Gasteiger partial charge in [0.1, 0.15) is 0 Å². The molecule has 2 nitrogen and oxygen atoms in total. The standard InChI is InChI=1S/C11H16O2/c1-2-3-10-4-6-11(7-5-10)12-8-9-13-11/h1,10H,3-9H2. The molecule has 0 aromatic rings. The fraction of sp³-hybridized carbons (Fsp3) is 0.818. The maximum absolute atomic E-state index is 5.63. The summed E-state index contributed by atoms with van der Waals surface area (Å²) in [6.07, 6.45) is 10.6. The first-order valence-electron chi connectivity index (χ1n) is 5.06. The first kappa shape index (κ1) is 9.05. The molecule has 13 heavy (non-hydrogen) atoms. The highest BCUT2D eigenvalue weighted by atomic mass is 16.7. The average molecular weight is 180 g/mol. The molecule has 1 heterocycles. The van der Waals surface area contributed by atoms with E-state index in [0.717, 1.165) is 45.3 Å². The number of hydrogen-bond donors (Lipinski definition) is 0. The summed E-state index contributed by atoms with van der Waals surface area (Å²) in [5.41, 5.74) is 0. The normalized spacial score (nSPS) is 27.6. The Bertz CT molecular complexity index is 201. The van der Waals surface area contributed by atoms with Crippen LogP contribution in [0.4, 0.5) is 0 Å². The Hall–Kier alpha value is -0.520. The van der Waals surface area contributed by atoms with Gasteiger partial charge in [-0.25, -0.2) is 0 Å². The third-order valence-corrected chi connectivity index (χ3v) is 3.09. The molecular weight excluding hydrogens is 164 g/mol. The van der Waals surface area contributed by atoms with E-state index in [9.17, 15) is 0 Å². The summed E-state index contributed by atoms with van der Waals surface area (Å²) < 4.78 is 11.3. The van der Waals surface area contributed by atoms with Crippen molar-refractivity contribution in [1.82, 2.24) is 0 Å². The van der Waals surface area contributed by atoms with Crippen molar-refractivity contribution in [3.63, 3.8) is 0 Å². The molecular formula is C11H16O2. The molecule has 0 unspecified atom stereocenters. The predicted octanol–water partition coefficient (Wildman–Crippen LogP) is 1.94. The molecule has 1 saturated heterocycles. The lowest BCUT2D eigenvalue weighted by atomic mass is 9.83. The molecule has 2 aliphatic rings. The minimum atomic E-state index is -0.217. The van der Waals surface area contributed by atoms with Gasteiger partial charge in [0.2, 0.25) is 0 Å². The lowest BCUT2D eigenvalue weighted by Gasteiger charge is -2.34. The number of terminal acetylenes is 1. The third kappa shape index (κ3) is 1.87. The summed E-state index contributed by atoms with van der Waals surface area (Å²) in [6, 6.07) is 0. The zero-order valence-corrected chi connectivity index (χ0v) is 7.92. The molecule has 0 amide bonds. The second-order valence-corrected chi connectivity index (χ2v) is 3.96. The van der Waals surface area contributed by atoms with E-state index in [1.165, 1.54) is 0 Å². The molecule has 2 fully saturated rings. The first-order chi connectivity index (χ1) is 6.35. The van der Waals surface area contributed by atoms with Crippen molar-refractivity contribution in [2.45, 2.75) is 37.9 Å². The van der Waals surface area contributed by atoms with Crippen molar-refractivity contribution >= 4 is 0 Å². The Morgan fingerprint density at radius 1 is 1.23 bits per heavy atom. The van der Waals surface area contributed by atoms with E-state index in [1.54, 1.807) is 0 Å². The molecule has 0 aromatic heterocycles. The van der Waals surface area contributed by atoms with Crippen LogP contribution in [0.5, 0.6) is 0 Å². The van der Waals surface area contributed by atoms with Crippen LogP contribution in [-0.4, -0.2) is 19.0 Å². The van der Waals surface area contributed by atoms with Gasteiger partial charge in [0.05, 0.1) is 13.2 Å². The maximum Gasteiger partial charge on any atom is 0.168 e. The van der Waals surface area contributed by atoms with E-state index < -0.39 is 0 Å². The summed E-state index contributed by atoms with van der Waals surface area (Å²) >= 11 is 0. The molecule has 1 saturated carbocycles. The van der Waals surface area contributed by atoms with Crippen LogP contribution in [0.3, 0.4) is 0 Å². The molecule has 1 aliphatic heterocycles. The van der Waals surface area contributed by atoms with E-state index in [0.29, 0.717) is 5.92 Å². The summed E-state index contributed by atoms with van der Waals surface area (Å²) in [5, 5.41) is 0. The SMILES string of the molecule is C#CCC1CCC2(CC1)OCCO2. The molecule has 1 spiro atoms. The number of ether oxygens (including phenoxy) is 2. The lowest BCUT2D eigenvalue weighted by molar-refractivity contribution is -0.182. The van der Waals surface area contributed by atoms with Crippen LogP contribution in [0.2, 0.25) is 0 Å². The average Bonchev–Trinajstić information content (AvgIpc) is 2.59. The van der Waals surface area contributed by atoms with E-state index in [-0.39, 0.29) is 5.79 Å². The summed E-state index contributed by atoms with van der Waals surface area (Å²) in [6.45, 7) is 1.53. The highest BCUT2D eigenvalue weighted by Gasteiger charge is 2.39. The topological polar surface area (TPSA) is 18.5 Å². The molecule has 72 valence electrons. The highest BCUT2D eigenvalue weighted by Crippen LogP contribution is 2.38. The van der Waals surface area contributed by atoms with Crippen molar-refractivity contribution < 1.29 is 9.47 Å². The van der Waals surface area contributed by atoms with Gasteiger partial charge in [-0.05, 0) is 18.8 Å². The number of rotatable bonds is 1. The molecule has 0 bridgehead atoms. The first-order valence-corrected chi connectivity index (χ1v) is 5.06. The smallest absolute Gasteiger partial charge is 0.168 e. The van der Waals surface area contributed by atoms with Crippen molar-refractivity contribution in [3.8, 4) is 12.3 Å². The van der Waals surface area contributed by atoms with Gasteiger partial charge in [-0.15, -0.1) is 12.3 Å². The van der Waals surface area contributed by atoms with E-state index in [4.69, 9.17) is 15.9 Å². The van der Waals surface area contributed by atoms with Crippen LogP contribution in [0.1, 0.15) is 32.1 Å². The third-order valence-electron chi connectivity index (χ3n) is 3.09. The van der Waals surface area contributed by atoms with Crippen molar-refractivity contribution in [2.24, 2.45) is 5.92 Å². The Kier molecular flexibility index (Phi) is 2.57. The monoisotopic (exact) mass is 180 g/mol. The van der Waals surface area contributed by atoms with Crippen molar-refractivity contribution in [1.29, 1.82) is 0 Å². The van der Waals surface area contributed by atoms with Gasteiger partial charge in [0.25, 0.3) is 0 Å². The molecule has 1 aliphatic carbocycles. The Morgan fingerprint density at radius 2 is 1.85 bits per heavy atom. The van der Waals surface area contributed by atoms with Crippen LogP contribution >= 0.6 is 0 Å². The largest absolute Gasteiger partial charge is 0.348 e. The van der Waals surface area contributed by atoms with Crippen LogP contribution in [0, 0.1) is 18.3 Å². The van der Waals surface area contributed by atoms with Gasteiger partial charge in [-0.2, -0.15) is 0 Å². The van der Waals surface area contributed by atoms with Crippen LogP contribution in [-0.2, 0) is 9.47 Å². The molecule has 0 N–H and O–H groups in total. The summed E-state index contributed by atoms with van der Waals surface area (Å²) in [4.78, 5) is 0. The highest BCUT2D eigenvalue weighted by molar-refractivity contribution is 4.91. The second kappa shape index (κ2) is 3.69. The minimum absolute atomic E-state index is 0.217. The molecule has 2 rings (SSSR count). The van der Waals surface area contributed by atoms with Gasteiger partial charge in [0.15, 0.2) is 5.79 Å². The maximum atomic E-state index is 5.63. The minimum Gasteiger partial charge on any atom is -0.348 e.